The molecule has 2 aromatic rings. The lowest BCUT2D eigenvalue weighted by Gasteiger charge is -2.11. The molecule has 0 atom stereocenters. The van der Waals surface area contributed by atoms with Crippen molar-refractivity contribution < 1.29 is 14.8 Å². The van der Waals surface area contributed by atoms with Gasteiger partial charge in [-0.3, -0.25) is 10.1 Å². The normalized spacial score (nSPS) is 10.1. The lowest BCUT2D eigenvalue weighted by atomic mass is 10.1. The molecule has 2 rings (SSSR count). The van der Waals surface area contributed by atoms with Gasteiger partial charge in [0.05, 0.1) is 16.2 Å². The summed E-state index contributed by atoms with van der Waals surface area (Å²) >= 11 is 3.18. The summed E-state index contributed by atoms with van der Waals surface area (Å²) in [4.78, 5) is 21.7. The average Bonchev–Trinajstić information content (AvgIpc) is 2.44. The molecule has 0 aliphatic carbocycles. The van der Waals surface area contributed by atoms with Crippen molar-refractivity contribution in [1.29, 1.82) is 0 Å². The lowest BCUT2D eigenvalue weighted by molar-refractivity contribution is -0.385. The van der Waals surface area contributed by atoms with Crippen LogP contribution in [0.4, 0.5) is 11.4 Å². The van der Waals surface area contributed by atoms with Crippen molar-refractivity contribution >= 4 is 33.3 Å². The third-order valence-electron chi connectivity index (χ3n) is 2.89. The second-order valence-corrected chi connectivity index (χ2v) is 5.06. The molecule has 21 heavy (non-hydrogen) atoms. The van der Waals surface area contributed by atoms with Crippen molar-refractivity contribution in [3.8, 4) is 0 Å². The van der Waals surface area contributed by atoms with E-state index >= 15 is 0 Å². The van der Waals surface area contributed by atoms with Gasteiger partial charge in [-0.25, -0.2) is 4.79 Å². The van der Waals surface area contributed by atoms with Crippen LogP contribution in [0.2, 0.25) is 0 Å². The molecule has 0 bridgehead atoms. The van der Waals surface area contributed by atoms with E-state index in [9.17, 15) is 20.0 Å². The van der Waals surface area contributed by atoms with E-state index in [0.29, 0.717) is 15.7 Å². The fraction of sp³-hybridized carbons (Fsp3) is 0.0714. The van der Waals surface area contributed by atoms with Crippen LogP contribution in [0.3, 0.4) is 0 Å². The Morgan fingerprint density at radius 2 is 1.95 bits per heavy atom. The van der Waals surface area contributed by atoms with E-state index in [4.69, 9.17) is 0 Å². The van der Waals surface area contributed by atoms with Gasteiger partial charge in [-0.1, -0.05) is 24.3 Å². The van der Waals surface area contributed by atoms with E-state index < -0.39 is 10.9 Å². The van der Waals surface area contributed by atoms with Crippen LogP contribution in [0.1, 0.15) is 15.9 Å². The van der Waals surface area contributed by atoms with Gasteiger partial charge in [0.15, 0.2) is 0 Å². The van der Waals surface area contributed by atoms with Crippen molar-refractivity contribution in [2.75, 3.05) is 5.32 Å². The van der Waals surface area contributed by atoms with Crippen LogP contribution in [0.5, 0.6) is 0 Å². The van der Waals surface area contributed by atoms with Crippen LogP contribution in [0, 0.1) is 10.1 Å². The summed E-state index contributed by atoms with van der Waals surface area (Å²) in [5, 5.41) is 23.1. The minimum absolute atomic E-state index is 0.00290. The predicted octanol–water partition coefficient (Wildman–Crippen LogP) is 3.67. The number of hydrogen-bond acceptors (Lipinski definition) is 4. The summed E-state index contributed by atoms with van der Waals surface area (Å²) in [6, 6.07) is 11.3. The highest BCUT2D eigenvalue weighted by Crippen LogP contribution is 2.26. The number of rotatable bonds is 5. The van der Waals surface area contributed by atoms with Gasteiger partial charge < -0.3 is 10.4 Å². The minimum atomic E-state index is -1.08. The zero-order valence-corrected chi connectivity index (χ0v) is 12.3. The topological polar surface area (TPSA) is 92.5 Å². The first kappa shape index (κ1) is 15.0. The summed E-state index contributed by atoms with van der Waals surface area (Å²) < 4.78 is 0.447. The molecule has 0 saturated carbocycles. The van der Waals surface area contributed by atoms with Gasteiger partial charge in [-0.15, -0.1) is 0 Å². The van der Waals surface area contributed by atoms with Crippen LogP contribution >= 0.6 is 15.9 Å². The molecule has 0 spiro atoms. The molecule has 0 amide bonds. The molecule has 0 radical (unpaired) electrons. The lowest BCUT2D eigenvalue weighted by Crippen LogP contribution is -2.08. The summed E-state index contributed by atoms with van der Waals surface area (Å²) in [6.45, 7) is 0.161. The second kappa shape index (κ2) is 6.36. The van der Waals surface area contributed by atoms with Gasteiger partial charge in [-0.2, -0.15) is 0 Å². The van der Waals surface area contributed by atoms with Gasteiger partial charge in [0.1, 0.15) is 0 Å². The number of carboxylic acids is 1. The number of nitro benzene ring substituents is 1. The first-order chi connectivity index (χ1) is 10.0. The Hall–Kier alpha value is -2.41. The molecule has 6 nitrogen and oxygen atoms in total. The number of hydrogen-bond donors (Lipinski definition) is 2. The van der Waals surface area contributed by atoms with Crippen molar-refractivity contribution in [2.45, 2.75) is 6.54 Å². The van der Waals surface area contributed by atoms with Crippen LogP contribution < -0.4 is 5.32 Å². The monoisotopic (exact) mass is 350 g/mol. The maximum Gasteiger partial charge on any atom is 0.338 e. The Labute approximate surface area is 128 Å². The zero-order chi connectivity index (χ0) is 15.4. The molecule has 0 saturated heterocycles. The molecule has 0 aliphatic heterocycles. The van der Waals surface area contributed by atoms with E-state index in [0.717, 1.165) is 0 Å². The van der Waals surface area contributed by atoms with Crippen molar-refractivity contribution in [1.82, 2.24) is 0 Å². The molecule has 108 valence electrons. The number of carbonyl (C=O) groups is 1. The number of nitro groups is 1. The molecule has 2 N–H and O–H groups in total. The first-order valence-corrected chi connectivity index (χ1v) is 6.78. The molecule has 0 aromatic heterocycles. The Bertz CT molecular complexity index is 703. The molecule has 0 heterocycles. The maximum atomic E-state index is 11.3. The van der Waals surface area contributed by atoms with Gasteiger partial charge in [0, 0.05) is 22.6 Å². The van der Waals surface area contributed by atoms with Crippen LogP contribution in [0.25, 0.3) is 0 Å². The van der Waals surface area contributed by atoms with E-state index in [1.807, 2.05) is 0 Å². The SMILES string of the molecule is O=C(O)c1c(Br)cccc1NCc1ccccc1[N+](=O)[O-]. The number of para-hydroxylation sites is 1. The fourth-order valence-electron chi connectivity index (χ4n) is 1.92. The van der Waals surface area contributed by atoms with Crippen molar-refractivity contribution in [3.63, 3.8) is 0 Å². The summed E-state index contributed by atoms with van der Waals surface area (Å²) in [6.07, 6.45) is 0. The molecule has 7 heteroatoms. The molecule has 2 aromatic carbocycles. The Morgan fingerprint density at radius 1 is 1.24 bits per heavy atom. The molecule has 0 aliphatic rings. The minimum Gasteiger partial charge on any atom is -0.478 e. The Morgan fingerprint density at radius 3 is 2.62 bits per heavy atom. The standard InChI is InChI=1S/C14H11BrN2O4/c15-10-5-3-6-11(13(10)14(18)19)16-8-9-4-1-2-7-12(9)17(20)21/h1-7,16H,8H2,(H,18,19). The highest BCUT2D eigenvalue weighted by atomic mass is 79.9. The molecule has 0 unspecified atom stereocenters. The molecular formula is C14H11BrN2O4. The molecule has 0 fully saturated rings. The van der Waals surface area contributed by atoms with Gasteiger partial charge in [0.2, 0.25) is 0 Å². The Kier molecular flexibility index (Phi) is 4.54. The number of benzene rings is 2. The largest absolute Gasteiger partial charge is 0.478 e. The number of anilines is 1. The van der Waals surface area contributed by atoms with Gasteiger partial charge >= 0.3 is 5.97 Å². The molecular weight excluding hydrogens is 340 g/mol. The summed E-state index contributed by atoms with van der Waals surface area (Å²) in [5.74, 6) is -1.08. The van der Waals surface area contributed by atoms with Crippen molar-refractivity contribution in [2.24, 2.45) is 0 Å². The average molecular weight is 351 g/mol. The smallest absolute Gasteiger partial charge is 0.338 e. The Balaban J connectivity index is 2.28. The van der Waals surface area contributed by atoms with Crippen LogP contribution in [-0.2, 0) is 6.54 Å². The maximum absolute atomic E-state index is 11.3. The number of nitrogens with one attached hydrogen (secondary N) is 1. The van der Waals surface area contributed by atoms with Crippen LogP contribution in [-0.4, -0.2) is 16.0 Å². The third-order valence-corrected chi connectivity index (χ3v) is 3.55. The highest BCUT2D eigenvalue weighted by molar-refractivity contribution is 9.10. The quantitative estimate of drug-likeness (QED) is 0.633. The second-order valence-electron chi connectivity index (χ2n) is 4.21. The number of halogens is 1. The van der Waals surface area contributed by atoms with E-state index in [1.54, 1.807) is 36.4 Å². The highest BCUT2D eigenvalue weighted by Gasteiger charge is 2.16. The predicted molar refractivity (Wildman–Crippen MR) is 81.5 cm³/mol. The summed E-state index contributed by atoms with van der Waals surface area (Å²) in [5.41, 5.74) is 0.974. The third kappa shape index (κ3) is 3.38. The summed E-state index contributed by atoms with van der Waals surface area (Å²) in [7, 11) is 0. The van der Waals surface area contributed by atoms with E-state index in [2.05, 4.69) is 21.2 Å². The number of carboxylic acid groups (broad SMARTS) is 1. The van der Waals surface area contributed by atoms with Gasteiger partial charge in [-0.05, 0) is 28.1 Å². The van der Waals surface area contributed by atoms with Gasteiger partial charge in [0.25, 0.3) is 5.69 Å². The van der Waals surface area contributed by atoms with Crippen LogP contribution in [0.15, 0.2) is 46.9 Å². The number of nitrogens with zero attached hydrogens (tertiary/aromatic N) is 1. The fourth-order valence-corrected chi connectivity index (χ4v) is 2.45. The first-order valence-electron chi connectivity index (χ1n) is 5.98. The van der Waals surface area contributed by atoms with Crippen molar-refractivity contribution in [3.05, 3.63) is 68.2 Å². The van der Waals surface area contributed by atoms with E-state index in [1.165, 1.54) is 6.07 Å². The zero-order valence-electron chi connectivity index (χ0n) is 10.7. The number of aromatic carboxylic acids is 1. The van der Waals surface area contributed by atoms with E-state index in [-0.39, 0.29) is 17.8 Å².